The summed E-state index contributed by atoms with van der Waals surface area (Å²) in [7, 11) is -3.91. The van der Waals surface area contributed by atoms with Gasteiger partial charge in [0.1, 0.15) is 23.2 Å². The second kappa shape index (κ2) is 15.1. The van der Waals surface area contributed by atoms with E-state index in [1.807, 2.05) is 24.3 Å². The SMILES string of the molecule is CC(C)(C)OC(=O)N[C@@H]1CCCCC/C=C\[C@H]2C[C@@]2(C(=O)NS(=O)(=O)C2CC2)NC(=O)[C@@H]2[C@H]3CN(C(=O)c4nc(-c5ccc(Cl)cc5)cs4)C[C@H]3CN2C1=O. The minimum absolute atomic E-state index is 0.129. The number of hydrogen-bond acceptors (Lipinski definition) is 10. The van der Waals surface area contributed by atoms with Gasteiger partial charge in [0.15, 0.2) is 5.01 Å². The monoisotopic (exact) mass is 814 g/mol. The van der Waals surface area contributed by atoms with Crippen LogP contribution in [0.3, 0.4) is 0 Å². The number of ether oxygens (including phenoxy) is 1. The normalized spacial score (nSPS) is 29.1. The van der Waals surface area contributed by atoms with E-state index in [1.165, 1.54) is 16.2 Å². The van der Waals surface area contributed by atoms with Crippen LogP contribution < -0.4 is 15.4 Å². The number of hydrogen-bond donors (Lipinski definition) is 3. The van der Waals surface area contributed by atoms with Crippen LogP contribution in [0, 0.1) is 17.8 Å². The van der Waals surface area contributed by atoms with Crippen LogP contribution >= 0.6 is 22.9 Å². The van der Waals surface area contributed by atoms with Crippen molar-refractivity contribution in [3.63, 3.8) is 0 Å². The van der Waals surface area contributed by atoms with Gasteiger partial charge in [-0.15, -0.1) is 11.3 Å². The molecule has 2 aliphatic carbocycles. The number of alkyl carbamates (subject to hydrolysis) is 1. The van der Waals surface area contributed by atoms with Crippen molar-refractivity contribution in [3.8, 4) is 11.3 Å². The van der Waals surface area contributed by atoms with Crippen molar-refractivity contribution in [2.45, 2.75) is 101 Å². The molecule has 0 unspecified atom stereocenters. The Balaban J connectivity index is 1.17. The number of carbonyl (C=O) groups is 5. The zero-order valence-electron chi connectivity index (χ0n) is 31.1. The molecule has 1 aromatic heterocycles. The molecule has 3 N–H and O–H groups in total. The molecule has 14 nitrogen and oxygen atoms in total. The number of rotatable bonds is 6. The molecule has 2 aromatic rings. The highest BCUT2D eigenvalue weighted by Crippen LogP contribution is 2.47. The predicted octanol–water partition coefficient (Wildman–Crippen LogP) is 4.26. The highest BCUT2D eigenvalue weighted by Gasteiger charge is 2.63. The molecule has 5 aliphatic rings. The molecule has 0 spiro atoms. The van der Waals surface area contributed by atoms with E-state index in [9.17, 15) is 32.4 Å². The van der Waals surface area contributed by atoms with E-state index in [1.54, 1.807) is 43.2 Å². The van der Waals surface area contributed by atoms with Gasteiger partial charge in [-0.05, 0) is 71.4 Å². The molecule has 2 saturated heterocycles. The van der Waals surface area contributed by atoms with Gasteiger partial charge in [-0.25, -0.2) is 18.2 Å². The Morgan fingerprint density at radius 3 is 2.49 bits per heavy atom. The van der Waals surface area contributed by atoms with Crippen molar-refractivity contribution in [2.24, 2.45) is 17.8 Å². The largest absolute Gasteiger partial charge is 0.444 e. The van der Waals surface area contributed by atoms with Crippen molar-refractivity contribution < 1.29 is 37.1 Å². The number of sulfonamides is 1. The van der Waals surface area contributed by atoms with E-state index in [-0.39, 0.29) is 42.9 Å². The van der Waals surface area contributed by atoms with Crippen LogP contribution in [0.1, 0.15) is 81.9 Å². The molecule has 4 fully saturated rings. The number of nitrogens with one attached hydrogen (secondary N) is 3. The number of likely N-dealkylation sites (tertiary alicyclic amines) is 1. The maximum Gasteiger partial charge on any atom is 0.408 e. The van der Waals surface area contributed by atoms with Crippen molar-refractivity contribution in [3.05, 3.63) is 51.8 Å². The lowest BCUT2D eigenvalue weighted by Gasteiger charge is -2.33. The molecule has 3 aliphatic heterocycles. The van der Waals surface area contributed by atoms with Crippen LogP contribution in [0.5, 0.6) is 0 Å². The summed E-state index contributed by atoms with van der Waals surface area (Å²) in [6, 6.07) is 5.05. The average Bonchev–Trinajstić information content (AvgIpc) is 3.93. The molecule has 4 heterocycles. The molecule has 5 amide bonds. The van der Waals surface area contributed by atoms with E-state index in [4.69, 9.17) is 16.3 Å². The van der Waals surface area contributed by atoms with Gasteiger partial charge in [-0.1, -0.05) is 48.7 Å². The van der Waals surface area contributed by atoms with Crippen LogP contribution in [0.25, 0.3) is 11.3 Å². The minimum Gasteiger partial charge on any atom is -0.444 e. The van der Waals surface area contributed by atoms with Gasteiger partial charge < -0.3 is 25.2 Å². The van der Waals surface area contributed by atoms with Gasteiger partial charge in [-0.2, -0.15) is 0 Å². The number of allylic oxidation sites excluding steroid dienone is 1. The van der Waals surface area contributed by atoms with Crippen LogP contribution in [-0.2, 0) is 29.1 Å². The molecule has 2 saturated carbocycles. The Morgan fingerprint density at radius 2 is 1.78 bits per heavy atom. The number of benzene rings is 1. The second-order valence-electron chi connectivity index (χ2n) is 16.3. The summed E-state index contributed by atoms with van der Waals surface area (Å²) in [5, 5.41) is 7.70. The Hall–Kier alpha value is -4.02. The quantitative estimate of drug-likeness (QED) is 0.359. The van der Waals surface area contributed by atoms with Gasteiger partial charge in [0.25, 0.3) is 11.8 Å². The Bertz CT molecular complexity index is 1990. The summed E-state index contributed by atoms with van der Waals surface area (Å²) in [6.07, 6.45) is 7.36. The zero-order valence-corrected chi connectivity index (χ0v) is 33.5. The highest BCUT2D eigenvalue weighted by atomic mass is 35.5. The van der Waals surface area contributed by atoms with Gasteiger partial charge in [0.05, 0.1) is 10.9 Å². The first kappa shape index (κ1) is 39.2. The van der Waals surface area contributed by atoms with Gasteiger partial charge in [0.2, 0.25) is 21.8 Å². The van der Waals surface area contributed by atoms with Crippen molar-refractivity contribution in [2.75, 3.05) is 19.6 Å². The minimum atomic E-state index is -3.91. The summed E-state index contributed by atoms with van der Waals surface area (Å²) >= 11 is 7.26. The summed E-state index contributed by atoms with van der Waals surface area (Å²) < 4.78 is 33.5. The molecule has 55 heavy (non-hydrogen) atoms. The smallest absolute Gasteiger partial charge is 0.408 e. The summed E-state index contributed by atoms with van der Waals surface area (Å²) in [4.78, 5) is 77.5. The lowest BCUT2D eigenvalue weighted by atomic mass is 9.93. The Morgan fingerprint density at radius 1 is 1.04 bits per heavy atom. The Labute approximate surface area is 329 Å². The van der Waals surface area contributed by atoms with E-state index < -0.39 is 74.1 Å². The molecule has 17 heteroatoms. The van der Waals surface area contributed by atoms with E-state index in [0.29, 0.717) is 42.8 Å². The van der Waals surface area contributed by atoms with Crippen LogP contribution in [0.15, 0.2) is 41.8 Å². The second-order valence-corrected chi connectivity index (χ2v) is 19.6. The van der Waals surface area contributed by atoms with Crippen molar-refractivity contribution in [1.29, 1.82) is 0 Å². The fraction of sp³-hybridized carbons (Fsp3) is 0.579. The number of nitrogens with zero attached hydrogens (tertiary/aromatic N) is 3. The third-order valence-corrected chi connectivity index (χ3v) is 13.9. The van der Waals surface area contributed by atoms with Crippen LogP contribution in [0.2, 0.25) is 5.02 Å². The average molecular weight is 815 g/mol. The first-order chi connectivity index (χ1) is 26.0. The van der Waals surface area contributed by atoms with E-state index in [0.717, 1.165) is 18.4 Å². The summed E-state index contributed by atoms with van der Waals surface area (Å²) in [5.41, 5.74) is -0.891. The number of aromatic nitrogens is 1. The number of amides is 5. The number of halogens is 1. The molecule has 0 bridgehead atoms. The predicted molar refractivity (Wildman–Crippen MR) is 205 cm³/mol. The van der Waals surface area contributed by atoms with Crippen LogP contribution in [0.4, 0.5) is 4.79 Å². The first-order valence-electron chi connectivity index (χ1n) is 18.9. The third kappa shape index (κ3) is 8.55. The molecule has 0 radical (unpaired) electrons. The third-order valence-electron chi connectivity index (χ3n) is 11.0. The topological polar surface area (TPSA) is 184 Å². The lowest BCUT2D eigenvalue weighted by Crippen LogP contribution is -2.60. The highest BCUT2D eigenvalue weighted by molar-refractivity contribution is 7.91. The van der Waals surface area contributed by atoms with Crippen molar-refractivity contribution in [1.82, 2.24) is 30.1 Å². The fourth-order valence-corrected chi connectivity index (χ4v) is 10.2. The van der Waals surface area contributed by atoms with Crippen molar-refractivity contribution >= 4 is 62.7 Å². The molecular formula is C38H47ClN6O8S2. The molecule has 7 rings (SSSR count). The molecule has 6 atom stereocenters. The number of fused-ring (bicyclic) bond motifs is 4. The summed E-state index contributed by atoms with van der Waals surface area (Å²) in [5.74, 6) is -3.42. The maximum absolute atomic E-state index is 14.6. The van der Waals surface area contributed by atoms with E-state index in [2.05, 4.69) is 20.3 Å². The van der Waals surface area contributed by atoms with E-state index >= 15 is 0 Å². The molecule has 1 aromatic carbocycles. The maximum atomic E-state index is 14.6. The number of carbonyl (C=O) groups excluding carboxylic acids is 5. The van der Waals surface area contributed by atoms with Crippen LogP contribution in [-0.4, -0.2) is 101 Å². The van der Waals surface area contributed by atoms with Gasteiger partial charge in [-0.3, -0.25) is 23.9 Å². The standard InChI is InChI=1S/C38H47ClN6O8S2/c1-37(2,3)53-36(50)41-28-10-8-6-4-5-7-9-24-17-38(24,35(49)43-55(51,52)26-15-16-26)42-31(46)30-27-20-44(18-23(27)19-45(30)33(28)47)34(48)32-40-29(21-54-32)22-11-13-25(39)14-12-22/h7,9,11-14,21,23-24,26-28,30H,4-6,8,10,15-20H2,1-3H3,(H,41,50)(H,42,46)(H,43,49)/b9-7-/t23-,24-,27-,28+,30-,38+/m0/s1. The fourth-order valence-electron chi connectivity index (χ4n) is 7.95. The first-order valence-corrected chi connectivity index (χ1v) is 21.7. The van der Waals surface area contributed by atoms with Gasteiger partial charge in [0, 0.05) is 53.4 Å². The zero-order chi connectivity index (χ0) is 39.3. The lowest BCUT2D eigenvalue weighted by molar-refractivity contribution is -0.142. The molecular weight excluding hydrogens is 768 g/mol. The molecule has 296 valence electrons. The Kier molecular flexibility index (Phi) is 10.8. The summed E-state index contributed by atoms with van der Waals surface area (Å²) in [6.45, 7) is 5.71. The van der Waals surface area contributed by atoms with Gasteiger partial charge >= 0.3 is 6.09 Å². The number of thiazole rings is 1.